The monoisotopic (exact) mass is 898 g/mol. The molecule has 4 aromatic rings. The molecule has 2 aliphatic rings. The van der Waals surface area contributed by atoms with E-state index in [4.69, 9.17) is 14.6 Å². The number of hydrogen-bond acceptors (Lipinski definition) is 10. The molecule has 2 amide bonds. The van der Waals surface area contributed by atoms with Crippen LogP contribution in [0.4, 0.5) is 27.2 Å². The first-order valence-electron chi connectivity index (χ1n) is 18.6. The van der Waals surface area contributed by atoms with Gasteiger partial charge >= 0.3 is 18.4 Å². The Bertz CT molecular complexity index is 2590. The average Bonchev–Trinajstić information content (AvgIpc) is 3.17. The molecule has 0 spiro atoms. The molecule has 3 unspecified atom stereocenters. The van der Waals surface area contributed by atoms with Gasteiger partial charge in [0, 0.05) is 82.3 Å². The van der Waals surface area contributed by atoms with E-state index in [1.807, 2.05) is 0 Å². The largest absolute Gasteiger partial charge is 0.490 e. The van der Waals surface area contributed by atoms with Crippen LogP contribution in [0.1, 0.15) is 32.6 Å². The fourth-order valence-electron chi connectivity index (χ4n) is 6.88. The SMILES string of the molecule is CC(C1CC(Oc2ccn(-c3ccc(S(C)(=O)=O)cc3F)c(=O)c2)CCN1C(=O)O)C(F)(F)F.CS(=O)(=O)c1ccc(-c2c(OC3CCN(C(=O)O)CC3)cc[nH]c2=O)cc1. The fourth-order valence-corrected chi connectivity index (χ4v) is 8.15. The van der Waals surface area contributed by atoms with Crippen LogP contribution in [0.5, 0.6) is 11.5 Å². The summed E-state index contributed by atoms with van der Waals surface area (Å²) in [4.78, 5) is 51.9. The van der Waals surface area contributed by atoms with Crippen molar-refractivity contribution in [1.82, 2.24) is 19.4 Å². The molecule has 2 aromatic carbocycles. The van der Waals surface area contributed by atoms with Gasteiger partial charge in [-0.2, -0.15) is 13.2 Å². The van der Waals surface area contributed by atoms with Gasteiger partial charge in [0.05, 0.1) is 27.0 Å². The van der Waals surface area contributed by atoms with Gasteiger partial charge in [-0.25, -0.2) is 30.8 Å². The highest BCUT2D eigenvalue weighted by Gasteiger charge is 2.47. The van der Waals surface area contributed by atoms with Crippen LogP contribution < -0.4 is 20.6 Å². The maximum Gasteiger partial charge on any atom is 0.407 e. The third-order valence-corrected chi connectivity index (χ3v) is 12.5. The predicted molar refractivity (Wildman–Crippen MR) is 211 cm³/mol. The maximum absolute atomic E-state index is 14.4. The molecule has 2 aromatic heterocycles. The van der Waals surface area contributed by atoms with E-state index in [-0.39, 0.29) is 52.3 Å². The number of likely N-dealkylation sites (tertiary alicyclic amines) is 2. The second-order valence-electron chi connectivity index (χ2n) is 14.5. The third-order valence-electron chi connectivity index (χ3n) is 10.2. The van der Waals surface area contributed by atoms with Gasteiger partial charge in [-0.3, -0.25) is 14.2 Å². The van der Waals surface area contributed by atoms with Crippen molar-refractivity contribution in [3.8, 4) is 28.3 Å². The van der Waals surface area contributed by atoms with Crippen LogP contribution in [0, 0.1) is 11.7 Å². The van der Waals surface area contributed by atoms with Crippen molar-refractivity contribution >= 4 is 31.9 Å². The Morgan fingerprint density at radius 2 is 1.43 bits per heavy atom. The summed E-state index contributed by atoms with van der Waals surface area (Å²) in [6.45, 7) is 1.50. The number of alkyl halides is 3. The van der Waals surface area contributed by atoms with E-state index in [9.17, 15) is 58.7 Å². The fraction of sp³-hybridized carbons (Fsp3) is 0.385. The second-order valence-corrected chi connectivity index (χ2v) is 18.6. The number of piperidine rings is 2. The molecule has 330 valence electrons. The number of H-pyrrole nitrogens is 1. The normalized spacial score (nSPS) is 18.1. The number of carboxylic acid groups (broad SMARTS) is 2. The van der Waals surface area contributed by atoms with Crippen LogP contribution in [0.3, 0.4) is 0 Å². The molecule has 0 radical (unpaired) electrons. The molecule has 3 N–H and O–H groups in total. The molecule has 4 heterocycles. The molecular formula is C39H42F4N4O12S2. The lowest BCUT2D eigenvalue weighted by Crippen LogP contribution is -2.53. The van der Waals surface area contributed by atoms with Gasteiger partial charge in [0.2, 0.25) is 0 Å². The van der Waals surface area contributed by atoms with Crippen molar-refractivity contribution in [2.24, 2.45) is 5.92 Å². The molecule has 0 saturated carbocycles. The Morgan fingerprint density at radius 3 is 1.97 bits per heavy atom. The van der Waals surface area contributed by atoms with Crippen LogP contribution in [0.15, 0.2) is 92.4 Å². The molecule has 2 aliphatic heterocycles. The number of halogens is 4. The summed E-state index contributed by atoms with van der Waals surface area (Å²) in [5.41, 5.74) is -0.396. The lowest BCUT2D eigenvalue weighted by Gasteiger charge is -2.41. The molecule has 61 heavy (non-hydrogen) atoms. The van der Waals surface area contributed by atoms with E-state index in [0.717, 1.165) is 53.2 Å². The van der Waals surface area contributed by atoms with Crippen LogP contribution in [-0.2, 0) is 19.7 Å². The molecule has 0 bridgehead atoms. The number of aromatic nitrogens is 2. The summed E-state index contributed by atoms with van der Waals surface area (Å²) in [6.07, 6.45) is -2.29. The number of carbonyl (C=O) groups is 2. The van der Waals surface area contributed by atoms with E-state index >= 15 is 0 Å². The van der Waals surface area contributed by atoms with Gasteiger partial charge in [-0.15, -0.1) is 0 Å². The molecular weight excluding hydrogens is 857 g/mol. The first kappa shape index (κ1) is 46.2. The van der Waals surface area contributed by atoms with Crippen LogP contribution >= 0.6 is 0 Å². The number of benzene rings is 2. The number of amides is 2. The summed E-state index contributed by atoms with van der Waals surface area (Å²) < 4.78 is 113. The zero-order chi connectivity index (χ0) is 45.0. The minimum absolute atomic E-state index is 0.0293. The number of ether oxygens (including phenoxy) is 2. The van der Waals surface area contributed by atoms with Crippen LogP contribution in [0.25, 0.3) is 16.8 Å². The Labute approximate surface area is 346 Å². The molecule has 6 rings (SSSR count). The smallest absolute Gasteiger partial charge is 0.407 e. The summed E-state index contributed by atoms with van der Waals surface area (Å²) in [5.74, 6) is -2.44. The van der Waals surface area contributed by atoms with E-state index in [1.165, 1.54) is 35.5 Å². The maximum atomic E-state index is 14.4. The van der Waals surface area contributed by atoms with Gasteiger partial charge in [0.1, 0.15) is 29.5 Å². The van der Waals surface area contributed by atoms with E-state index < -0.39 is 67.5 Å². The number of sulfone groups is 2. The minimum atomic E-state index is -4.60. The lowest BCUT2D eigenvalue weighted by atomic mass is 9.89. The van der Waals surface area contributed by atoms with Crippen LogP contribution in [0.2, 0.25) is 0 Å². The standard InChI is InChI=1S/C21H22F4N2O6S.C18H20N2O6S/c1-12(21(23,24)25)18-9-13(6-8-27(18)20(29)30)33-14-5-7-26(19(28)10-14)17-4-3-15(11-16(17)22)34(2,31)32;1-27(24,25)14-4-2-12(3-5-14)16-15(6-9-19-17(16)21)26-13-7-10-20(11-8-13)18(22)23/h3-5,7,10-13,18H,6,8-9H2,1-2H3,(H,29,30);2-6,9,13H,7-8,10-11H2,1H3,(H,19,21)(H,22,23). The zero-order valence-electron chi connectivity index (χ0n) is 32.8. The summed E-state index contributed by atoms with van der Waals surface area (Å²) in [6, 6.07) is 11.8. The third kappa shape index (κ3) is 11.5. The average molecular weight is 899 g/mol. The first-order valence-corrected chi connectivity index (χ1v) is 22.3. The second kappa shape index (κ2) is 18.4. The number of nitrogens with zero attached hydrogens (tertiary/aromatic N) is 3. The van der Waals surface area contributed by atoms with Crippen molar-refractivity contribution in [2.45, 2.75) is 66.8 Å². The number of nitrogens with one attached hydrogen (secondary N) is 1. The van der Waals surface area contributed by atoms with Crippen molar-refractivity contribution in [3.63, 3.8) is 0 Å². The molecule has 2 fully saturated rings. The number of hydrogen-bond donors (Lipinski definition) is 3. The quantitative estimate of drug-likeness (QED) is 0.179. The van der Waals surface area contributed by atoms with Gasteiger partial charge in [0.25, 0.3) is 11.1 Å². The lowest BCUT2D eigenvalue weighted by molar-refractivity contribution is -0.189. The molecule has 2 saturated heterocycles. The van der Waals surface area contributed by atoms with Crippen molar-refractivity contribution < 1.29 is 63.7 Å². The highest BCUT2D eigenvalue weighted by Crippen LogP contribution is 2.36. The highest BCUT2D eigenvalue weighted by atomic mass is 32.2. The van der Waals surface area contributed by atoms with E-state index in [1.54, 1.807) is 18.2 Å². The van der Waals surface area contributed by atoms with Crippen molar-refractivity contribution in [2.75, 3.05) is 32.1 Å². The predicted octanol–water partition coefficient (Wildman–Crippen LogP) is 5.43. The summed E-state index contributed by atoms with van der Waals surface area (Å²) in [5, 5.41) is 18.3. The summed E-state index contributed by atoms with van der Waals surface area (Å²) >= 11 is 0. The minimum Gasteiger partial charge on any atom is -0.490 e. The molecule has 16 nitrogen and oxygen atoms in total. The van der Waals surface area contributed by atoms with Crippen LogP contribution in [-0.4, -0.2) is 115 Å². The number of aromatic amines is 1. The Balaban J connectivity index is 0.000000237. The highest BCUT2D eigenvalue weighted by molar-refractivity contribution is 7.91. The first-order chi connectivity index (χ1) is 28.4. The van der Waals surface area contributed by atoms with E-state index in [0.29, 0.717) is 42.8 Å². The number of pyridine rings is 2. The van der Waals surface area contributed by atoms with Gasteiger partial charge in [-0.1, -0.05) is 19.1 Å². The summed E-state index contributed by atoms with van der Waals surface area (Å²) in [7, 11) is -6.97. The van der Waals surface area contributed by atoms with Crippen molar-refractivity contribution in [3.05, 3.63) is 99.6 Å². The zero-order valence-corrected chi connectivity index (χ0v) is 34.5. The van der Waals surface area contributed by atoms with E-state index in [2.05, 4.69) is 4.98 Å². The Kier molecular flexibility index (Phi) is 13.9. The van der Waals surface area contributed by atoms with Crippen molar-refractivity contribution in [1.29, 1.82) is 0 Å². The Hall–Kier alpha value is -5.90. The molecule has 3 atom stereocenters. The Morgan fingerprint density at radius 1 is 0.820 bits per heavy atom. The molecule has 22 heteroatoms. The number of rotatable bonds is 9. The van der Waals surface area contributed by atoms with Gasteiger partial charge in [0.15, 0.2) is 19.7 Å². The molecule has 0 aliphatic carbocycles. The topological polar surface area (TPSA) is 223 Å². The van der Waals surface area contributed by atoms with Gasteiger partial charge in [-0.05, 0) is 48.0 Å². The van der Waals surface area contributed by atoms with Gasteiger partial charge < -0.3 is 34.5 Å².